The fourth-order valence-electron chi connectivity index (χ4n) is 1.06. The van der Waals surface area contributed by atoms with E-state index < -0.39 is 10.0 Å². The second-order valence-electron chi connectivity index (χ2n) is 3.00. The molecule has 0 radical (unpaired) electrons. The molecule has 2 heterocycles. The van der Waals surface area contributed by atoms with E-state index in [2.05, 4.69) is 25.3 Å². The first-order valence-electron chi connectivity index (χ1n) is 4.44. The predicted molar refractivity (Wildman–Crippen MR) is 67.8 cm³/mol. The van der Waals surface area contributed by atoms with Crippen LogP contribution in [-0.2, 0) is 10.0 Å². The smallest absolute Gasteiger partial charge is 0.265 e. The fourth-order valence-corrected chi connectivity index (χ4v) is 3.01. The van der Waals surface area contributed by atoms with Crippen molar-refractivity contribution in [2.75, 3.05) is 10.1 Å². The van der Waals surface area contributed by atoms with Gasteiger partial charge in [-0.1, -0.05) is 22.9 Å². The van der Waals surface area contributed by atoms with Crippen molar-refractivity contribution in [3.05, 3.63) is 22.8 Å². The number of hydrogen-bond acceptors (Lipinski definition) is 8. The fraction of sp³-hybridized carbons (Fsp3) is 0. The lowest BCUT2D eigenvalue weighted by Crippen LogP contribution is -2.14. The number of hydrogen-bond donors (Lipinski definition) is 3. The van der Waals surface area contributed by atoms with E-state index in [4.69, 9.17) is 17.4 Å². The first kappa shape index (κ1) is 13.0. The molecule has 0 fully saturated rings. The van der Waals surface area contributed by atoms with Gasteiger partial charge in [-0.25, -0.2) is 19.2 Å². The highest BCUT2D eigenvalue weighted by Gasteiger charge is 2.18. The Kier molecular flexibility index (Phi) is 3.61. The Balaban J connectivity index is 2.33. The average Bonchev–Trinajstić information content (AvgIpc) is 2.81. The molecule has 0 aromatic carbocycles. The Labute approximate surface area is 111 Å². The monoisotopic (exact) mass is 306 g/mol. The van der Waals surface area contributed by atoms with E-state index in [0.717, 1.165) is 17.5 Å². The summed E-state index contributed by atoms with van der Waals surface area (Å²) in [7, 11) is -3.79. The van der Waals surface area contributed by atoms with Crippen LogP contribution in [0.3, 0.4) is 0 Å². The van der Waals surface area contributed by atoms with Gasteiger partial charge in [-0.2, -0.15) is 0 Å². The van der Waals surface area contributed by atoms with Crippen LogP contribution in [0.4, 0.5) is 10.9 Å². The van der Waals surface area contributed by atoms with Crippen molar-refractivity contribution in [3.8, 4) is 0 Å². The highest BCUT2D eigenvalue weighted by molar-refractivity contribution is 7.93. The van der Waals surface area contributed by atoms with Crippen molar-refractivity contribution in [2.45, 2.75) is 4.90 Å². The highest BCUT2D eigenvalue weighted by atomic mass is 35.5. The van der Waals surface area contributed by atoms with Crippen LogP contribution in [0, 0.1) is 0 Å². The summed E-state index contributed by atoms with van der Waals surface area (Å²) >= 11 is 6.85. The Bertz CT molecular complexity index is 644. The van der Waals surface area contributed by atoms with Crippen LogP contribution in [0.5, 0.6) is 0 Å². The average molecular weight is 307 g/mol. The molecule has 96 valence electrons. The van der Waals surface area contributed by atoms with Gasteiger partial charge in [0.05, 0.1) is 5.02 Å². The summed E-state index contributed by atoms with van der Waals surface area (Å²) in [5, 5.41) is 7.35. The minimum absolute atomic E-state index is 0.0950. The van der Waals surface area contributed by atoms with E-state index in [0.29, 0.717) is 0 Å². The van der Waals surface area contributed by atoms with Gasteiger partial charge in [-0.3, -0.25) is 4.72 Å². The number of aromatic nitrogens is 3. The Hall–Kier alpha value is -1.49. The lowest BCUT2D eigenvalue weighted by molar-refractivity contribution is 0.600. The number of nitrogens with zero attached hydrogens (tertiary/aromatic N) is 3. The lowest BCUT2D eigenvalue weighted by atomic mass is 10.5. The third kappa shape index (κ3) is 2.67. The third-order valence-corrected chi connectivity index (χ3v) is 4.17. The molecule has 0 aliphatic rings. The summed E-state index contributed by atoms with van der Waals surface area (Å²) < 4.78 is 26.1. The summed E-state index contributed by atoms with van der Waals surface area (Å²) in [6.45, 7) is 0. The van der Waals surface area contributed by atoms with Crippen molar-refractivity contribution in [2.24, 2.45) is 5.84 Å². The number of pyridine rings is 1. The van der Waals surface area contributed by atoms with Crippen molar-refractivity contribution >= 4 is 43.9 Å². The maximum atomic E-state index is 11.9. The zero-order chi connectivity index (χ0) is 13.2. The summed E-state index contributed by atoms with van der Waals surface area (Å²) in [6.07, 6.45) is 1.13. The molecule has 0 aliphatic heterocycles. The van der Waals surface area contributed by atoms with Crippen molar-refractivity contribution < 1.29 is 8.42 Å². The molecule has 0 saturated heterocycles. The maximum absolute atomic E-state index is 11.9. The molecule has 2 rings (SSSR count). The molecule has 18 heavy (non-hydrogen) atoms. The van der Waals surface area contributed by atoms with Gasteiger partial charge in [-0.05, 0) is 6.07 Å². The van der Waals surface area contributed by atoms with Crippen LogP contribution in [0.25, 0.3) is 0 Å². The van der Waals surface area contributed by atoms with Crippen LogP contribution < -0.4 is 16.0 Å². The number of hydrazine groups is 1. The zero-order valence-corrected chi connectivity index (χ0v) is 11.1. The number of anilines is 2. The van der Waals surface area contributed by atoms with E-state index >= 15 is 0 Å². The molecular formula is C7H7ClN6O2S2. The van der Waals surface area contributed by atoms with E-state index in [9.17, 15) is 8.42 Å². The van der Waals surface area contributed by atoms with Crippen LogP contribution in [0.1, 0.15) is 0 Å². The molecule has 0 amide bonds. The predicted octanol–water partition coefficient (Wildman–Crippen LogP) is 0.673. The van der Waals surface area contributed by atoms with Gasteiger partial charge in [0, 0.05) is 6.20 Å². The number of halogens is 1. The zero-order valence-electron chi connectivity index (χ0n) is 8.66. The van der Waals surface area contributed by atoms with Crippen LogP contribution in [-0.4, -0.2) is 23.6 Å². The second kappa shape index (κ2) is 5.02. The molecule has 0 spiro atoms. The van der Waals surface area contributed by atoms with Gasteiger partial charge in [0.1, 0.15) is 10.4 Å². The quantitative estimate of drug-likeness (QED) is 0.560. The molecule has 0 atom stereocenters. The van der Waals surface area contributed by atoms with Crippen molar-refractivity contribution in [3.63, 3.8) is 0 Å². The van der Waals surface area contributed by atoms with E-state index in [1.807, 2.05) is 0 Å². The molecular weight excluding hydrogens is 300 g/mol. The van der Waals surface area contributed by atoms with Gasteiger partial charge < -0.3 is 5.43 Å². The van der Waals surface area contributed by atoms with Crippen LogP contribution in [0.2, 0.25) is 5.02 Å². The van der Waals surface area contributed by atoms with Crippen LogP contribution in [0.15, 0.2) is 22.7 Å². The molecule has 2 aromatic heterocycles. The number of nitrogens with two attached hydrogens (primary N) is 1. The Morgan fingerprint density at radius 3 is 2.78 bits per heavy atom. The normalized spacial score (nSPS) is 11.2. The van der Waals surface area contributed by atoms with Crippen molar-refractivity contribution in [1.29, 1.82) is 0 Å². The summed E-state index contributed by atoms with van der Waals surface area (Å²) in [5.41, 5.74) is 3.65. The van der Waals surface area contributed by atoms with Gasteiger partial charge >= 0.3 is 0 Å². The summed E-state index contributed by atoms with van der Waals surface area (Å²) in [6, 6.07) is 1.23. The van der Waals surface area contributed by atoms with Gasteiger partial charge in [0.2, 0.25) is 5.13 Å². The third-order valence-electron chi connectivity index (χ3n) is 1.84. The summed E-state index contributed by atoms with van der Waals surface area (Å²) in [5.74, 6) is 5.33. The SMILES string of the molecule is NNc1ncc(S(=O)(=O)Nc2nncs2)cc1Cl. The number of nitrogens with one attached hydrogen (secondary N) is 2. The van der Waals surface area contributed by atoms with E-state index in [1.165, 1.54) is 11.6 Å². The van der Waals surface area contributed by atoms with E-state index in [1.54, 1.807) is 0 Å². The number of sulfonamides is 1. The lowest BCUT2D eigenvalue weighted by Gasteiger charge is -2.06. The standard InChI is InChI=1S/C7H7ClN6O2S2/c8-5-1-4(2-10-6(5)12-9)18(15,16)14-7-13-11-3-17-7/h1-3H,9H2,(H,10,12)(H,13,14). The molecule has 0 saturated carbocycles. The molecule has 8 nitrogen and oxygen atoms in total. The highest BCUT2D eigenvalue weighted by Crippen LogP contribution is 2.23. The molecule has 0 bridgehead atoms. The topological polar surface area (TPSA) is 123 Å². The van der Waals surface area contributed by atoms with Gasteiger partial charge in [-0.15, -0.1) is 10.2 Å². The Morgan fingerprint density at radius 2 is 2.22 bits per heavy atom. The molecule has 0 unspecified atom stereocenters. The first-order valence-corrected chi connectivity index (χ1v) is 7.18. The molecule has 11 heteroatoms. The summed E-state index contributed by atoms with van der Waals surface area (Å²) in [4.78, 5) is 3.68. The van der Waals surface area contributed by atoms with Crippen molar-refractivity contribution in [1.82, 2.24) is 15.2 Å². The van der Waals surface area contributed by atoms with Gasteiger partial charge in [0.25, 0.3) is 10.0 Å². The van der Waals surface area contributed by atoms with Gasteiger partial charge in [0.15, 0.2) is 5.82 Å². The number of nitrogen functional groups attached to an aromatic ring is 1. The minimum atomic E-state index is -3.79. The number of rotatable bonds is 4. The van der Waals surface area contributed by atoms with E-state index in [-0.39, 0.29) is 20.9 Å². The first-order chi connectivity index (χ1) is 8.53. The van der Waals surface area contributed by atoms with Crippen LogP contribution >= 0.6 is 22.9 Å². The minimum Gasteiger partial charge on any atom is -0.307 e. The molecule has 4 N–H and O–H groups in total. The largest absolute Gasteiger partial charge is 0.307 e. The molecule has 2 aromatic rings. The maximum Gasteiger partial charge on any atom is 0.265 e. The molecule has 0 aliphatic carbocycles. The Morgan fingerprint density at radius 1 is 1.44 bits per heavy atom. The second-order valence-corrected chi connectivity index (χ2v) is 5.92.